The van der Waals surface area contributed by atoms with Crippen LogP contribution in [0.2, 0.25) is 5.02 Å². The number of imide groups is 1. The number of carbonyl (C=O) groups excluding carboxylic acids is 4. The van der Waals surface area contributed by atoms with Crippen LogP contribution in [0.5, 0.6) is 0 Å². The van der Waals surface area contributed by atoms with Gasteiger partial charge in [-0.05, 0) is 73.7 Å². The van der Waals surface area contributed by atoms with Gasteiger partial charge in [-0.25, -0.2) is 9.69 Å². The van der Waals surface area contributed by atoms with Crippen molar-refractivity contribution in [1.82, 2.24) is 0 Å². The third-order valence-electron chi connectivity index (χ3n) is 5.16. The zero-order valence-electron chi connectivity index (χ0n) is 18.9. The van der Waals surface area contributed by atoms with Crippen molar-refractivity contribution >= 4 is 64.0 Å². The van der Waals surface area contributed by atoms with E-state index in [2.05, 4.69) is 10.6 Å². The molecule has 4 rings (SSSR count). The second-order valence-corrected chi connectivity index (χ2v) is 8.38. The highest BCUT2D eigenvalue weighted by Crippen LogP contribution is 2.31. The molecular formula is C26H19Cl2N3O5. The van der Waals surface area contributed by atoms with E-state index >= 15 is 0 Å². The molecule has 3 amide bonds. The first-order valence-corrected chi connectivity index (χ1v) is 11.5. The Morgan fingerprint density at radius 3 is 2.22 bits per heavy atom. The fraction of sp³-hybridized carbons (Fsp3) is 0.0769. The van der Waals surface area contributed by atoms with Crippen molar-refractivity contribution in [3.8, 4) is 0 Å². The second-order valence-electron chi connectivity index (χ2n) is 7.57. The van der Waals surface area contributed by atoms with E-state index in [4.69, 9.17) is 27.9 Å². The van der Waals surface area contributed by atoms with E-state index in [1.54, 1.807) is 61.5 Å². The lowest BCUT2D eigenvalue weighted by molar-refractivity contribution is -0.120. The number of benzene rings is 3. The molecule has 0 fully saturated rings. The molecule has 0 radical (unpaired) electrons. The molecule has 36 heavy (non-hydrogen) atoms. The SMILES string of the molecule is CCOC(=O)c1ccc(NC(=O)c2cccc(NC3=C(Cl)C(=O)N(c4ccc(Cl)cc4)C3=O)c2)cc1. The summed E-state index contributed by atoms with van der Waals surface area (Å²) in [4.78, 5) is 51.1. The number of hydrogen-bond acceptors (Lipinski definition) is 6. The Morgan fingerprint density at radius 2 is 1.56 bits per heavy atom. The number of nitrogens with zero attached hydrogens (tertiary/aromatic N) is 1. The number of anilines is 3. The number of esters is 1. The molecule has 0 bridgehead atoms. The zero-order valence-corrected chi connectivity index (χ0v) is 20.4. The first kappa shape index (κ1) is 25.0. The summed E-state index contributed by atoms with van der Waals surface area (Å²) >= 11 is 12.1. The summed E-state index contributed by atoms with van der Waals surface area (Å²) in [5.41, 5.74) is 1.74. The molecule has 0 aliphatic carbocycles. The van der Waals surface area contributed by atoms with Gasteiger partial charge in [0.05, 0.1) is 17.9 Å². The molecule has 0 saturated carbocycles. The topological polar surface area (TPSA) is 105 Å². The highest BCUT2D eigenvalue weighted by molar-refractivity contribution is 6.53. The van der Waals surface area contributed by atoms with Gasteiger partial charge in [-0.3, -0.25) is 14.4 Å². The van der Waals surface area contributed by atoms with Gasteiger partial charge in [0.1, 0.15) is 10.7 Å². The lowest BCUT2D eigenvalue weighted by atomic mass is 10.1. The summed E-state index contributed by atoms with van der Waals surface area (Å²) in [6, 6.07) is 18.8. The first-order valence-electron chi connectivity index (χ1n) is 10.8. The minimum atomic E-state index is -0.674. The van der Waals surface area contributed by atoms with Gasteiger partial charge in [0, 0.05) is 22.0 Å². The predicted molar refractivity (Wildman–Crippen MR) is 137 cm³/mol. The number of halogens is 2. The molecule has 10 heteroatoms. The highest BCUT2D eigenvalue weighted by atomic mass is 35.5. The van der Waals surface area contributed by atoms with E-state index < -0.39 is 23.7 Å². The summed E-state index contributed by atoms with van der Waals surface area (Å²) in [5, 5.41) is 5.78. The van der Waals surface area contributed by atoms with Gasteiger partial charge in [-0.15, -0.1) is 0 Å². The smallest absolute Gasteiger partial charge is 0.338 e. The molecule has 3 aromatic carbocycles. The van der Waals surface area contributed by atoms with Crippen molar-refractivity contribution in [3.63, 3.8) is 0 Å². The fourth-order valence-corrected chi connectivity index (χ4v) is 3.76. The van der Waals surface area contributed by atoms with Gasteiger partial charge in [0.25, 0.3) is 17.7 Å². The van der Waals surface area contributed by atoms with Crippen molar-refractivity contribution in [1.29, 1.82) is 0 Å². The quantitative estimate of drug-likeness (QED) is 0.325. The molecular weight excluding hydrogens is 505 g/mol. The van der Waals surface area contributed by atoms with Crippen molar-refractivity contribution in [3.05, 3.63) is 99.7 Å². The van der Waals surface area contributed by atoms with Crippen LogP contribution in [0.1, 0.15) is 27.6 Å². The molecule has 8 nitrogen and oxygen atoms in total. The van der Waals surface area contributed by atoms with Crippen molar-refractivity contribution in [2.45, 2.75) is 6.92 Å². The number of nitrogens with one attached hydrogen (secondary N) is 2. The summed E-state index contributed by atoms with van der Waals surface area (Å²) in [5.74, 6) is -2.17. The normalized spacial score (nSPS) is 13.1. The monoisotopic (exact) mass is 523 g/mol. The summed E-state index contributed by atoms with van der Waals surface area (Å²) in [6.07, 6.45) is 0. The number of ether oxygens (including phenoxy) is 1. The van der Waals surface area contributed by atoms with E-state index in [-0.39, 0.29) is 22.9 Å². The molecule has 1 aliphatic rings. The van der Waals surface area contributed by atoms with Gasteiger partial charge < -0.3 is 15.4 Å². The van der Waals surface area contributed by atoms with Gasteiger partial charge in [0.2, 0.25) is 0 Å². The van der Waals surface area contributed by atoms with Crippen LogP contribution in [-0.2, 0) is 14.3 Å². The minimum Gasteiger partial charge on any atom is -0.462 e. The largest absolute Gasteiger partial charge is 0.462 e. The summed E-state index contributed by atoms with van der Waals surface area (Å²) < 4.78 is 4.94. The minimum absolute atomic E-state index is 0.108. The third kappa shape index (κ3) is 5.25. The van der Waals surface area contributed by atoms with E-state index in [9.17, 15) is 19.2 Å². The molecule has 2 N–H and O–H groups in total. The van der Waals surface area contributed by atoms with Crippen LogP contribution in [0.4, 0.5) is 17.1 Å². The second kappa shape index (κ2) is 10.6. The van der Waals surface area contributed by atoms with Gasteiger partial charge >= 0.3 is 5.97 Å². The van der Waals surface area contributed by atoms with Crippen LogP contribution in [0, 0.1) is 0 Å². The Balaban J connectivity index is 1.47. The maximum absolute atomic E-state index is 12.9. The number of rotatable bonds is 7. The third-order valence-corrected chi connectivity index (χ3v) is 5.76. The van der Waals surface area contributed by atoms with Crippen LogP contribution in [0.25, 0.3) is 0 Å². The molecule has 0 aromatic heterocycles. The number of amides is 3. The Bertz CT molecular complexity index is 1390. The highest BCUT2D eigenvalue weighted by Gasteiger charge is 2.39. The Kier molecular flexibility index (Phi) is 7.38. The van der Waals surface area contributed by atoms with Crippen molar-refractivity contribution in [2.24, 2.45) is 0 Å². The average Bonchev–Trinajstić information content (AvgIpc) is 3.08. The standard InChI is InChI=1S/C26H19Cl2N3O5/c1-2-36-26(35)15-6-10-18(11-7-15)30-23(32)16-4-3-5-19(14-16)29-22-21(28)24(33)31(25(22)34)20-12-8-17(27)9-13-20/h3-14,29H,2H2,1H3,(H,30,32). The lowest BCUT2D eigenvalue weighted by Gasteiger charge is -2.15. The average molecular weight is 524 g/mol. The van der Waals surface area contributed by atoms with Crippen molar-refractivity contribution < 1.29 is 23.9 Å². The Labute approximate surface area is 216 Å². The number of carbonyl (C=O) groups is 4. The van der Waals surface area contributed by atoms with E-state index in [0.717, 1.165) is 4.90 Å². The molecule has 3 aromatic rings. The summed E-state index contributed by atoms with van der Waals surface area (Å²) in [6.45, 7) is 1.98. The van der Waals surface area contributed by atoms with E-state index in [1.807, 2.05) is 0 Å². The van der Waals surface area contributed by atoms with Crippen LogP contribution in [0.15, 0.2) is 83.5 Å². The van der Waals surface area contributed by atoms with Crippen LogP contribution in [0.3, 0.4) is 0 Å². The van der Waals surface area contributed by atoms with Crippen LogP contribution >= 0.6 is 23.2 Å². The summed E-state index contributed by atoms with van der Waals surface area (Å²) in [7, 11) is 0. The van der Waals surface area contributed by atoms with Crippen LogP contribution in [-0.4, -0.2) is 30.3 Å². The van der Waals surface area contributed by atoms with E-state index in [1.165, 1.54) is 18.2 Å². The zero-order chi connectivity index (χ0) is 25.8. The number of hydrogen-bond donors (Lipinski definition) is 2. The molecule has 0 saturated heterocycles. The Morgan fingerprint density at radius 1 is 0.861 bits per heavy atom. The molecule has 1 heterocycles. The fourth-order valence-electron chi connectivity index (χ4n) is 3.43. The molecule has 1 aliphatic heterocycles. The van der Waals surface area contributed by atoms with Gasteiger partial charge in [-0.1, -0.05) is 29.3 Å². The molecule has 0 spiro atoms. The first-order chi connectivity index (χ1) is 17.3. The van der Waals surface area contributed by atoms with Crippen LogP contribution < -0.4 is 15.5 Å². The molecule has 0 unspecified atom stereocenters. The Hall–Kier alpha value is -4.14. The van der Waals surface area contributed by atoms with Gasteiger partial charge in [0.15, 0.2) is 0 Å². The van der Waals surface area contributed by atoms with Gasteiger partial charge in [-0.2, -0.15) is 0 Å². The predicted octanol–water partition coefficient (Wildman–Crippen LogP) is 5.20. The lowest BCUT2D eigenvalue weighted by Crippen LogP contribution is -2.32. The van der Waals surface area contributed by atoms with E-state index in [0.29, 0.717) is 27.6 Å². The maximum atomic E-state index is 12.9. The maximum Gasteiger partial charge on any atom is 0.338 e. The van der Waals surface area contributed by atoms with Crippen molar-refractivity contribution in [2.75, 3.05) is 22.1 Å². The molecule has 182 valence electrons. The molecule has 0 atom stereocenters.